The summed E-state index contributed by atoms with van der Waals surface area (Å²) in [5.41, 5.74) is -0.502. The fourth-order valence-electron chi connectivity index (χ4n) is 2.54. The Morgan fingerprint density at radius 1 is 1.50 bits per heavy atom. The summed E-state index contributed by atoms with van der Waals surface area (Å²) in [4.78, 5) is 11.5. The zero-order chi connectivity index (χ0) is 9.76. The number of carbonyl (C=O) groups excluding carboxylic acids is 1. The summed E-state index contributed by atoms with van der Waals surface area (Å²) in [5, 5.41) is 0. The molecule has 0 bridgehead atoms. The lowest BCUT2D eigenvalue weighted by Crippen LogP contribution is -2.67. The van der Waals surface area contributed by atoms with E-state index in [1.807, 2.05) is 6.08 Å². The Morgan fingerprint density at radius 3 is 3.14 bits per heavy atom. The predicted molar refractivity (Wildman–Crippen MR) is 46.4 cm³/mol. The van der Waals surface area contributed by atoms with Crippen LogP contribution in [0.3, 0.4) is 0 Å². The van der Waals surface area contributed by atoms with Gasteiger partial charge in [-0.3, -0.25) is 4.79 Å². The van der Waals surface area contributed by atoms with E-state index in [0.29, 0.717) is 19.0 Å². The van der Waals surface area contributed by atoms with Crippen molar-refractivity contribution in [2.75, 3.05) is 13.2 Å². The molecule has 3 atom stereocenters. The maximum Gasteiger partial charge on any atom is 0.317 e. The Hall–Kier alpha value is -0.870. The highest BCUT2D eigenvalue weighted by Crippen LogP contribution is 2.50. The van der Waals surface area contributed by atoms with Crippen molar-refractivity contribution in [3.05, 3.63) is 11.8 Å². The van der Waals surface area contributed by atoms with Gasteiger partial charge in [0.15, 0.2) is 0 Å². The predicted octanol–water partition coefficient (Wildman–Crippen LogP) is 0.621. The molecule has 2 aliphatic heterocycles. The molecule has 2 heterocycles. The normalized spacial score (nSPS) is 45.5. The molecule has 0 aromatic carbocycles. The molecular formula is C10H12O4. The molecular weight excluding hydrogens is 184 g/mol. The Balaban J connectivity index is 1.99. The molecule has 0 amide bonds. The van der Waals surface area contributed by atoms with Crippen molar-refractivity contribution >= 4 is 5.97 Å². The highest BCUT2D eigenvalue weighted by atomic mass is 16.6. The third kappa shape index (κ3) is 0.875. The molecule has 0 radical (unpaired) electrons. The molecule has 76 valence electrons. The largest absolute Gasteiger partial charge is 0.431 e. The van der Waals surface area contributed by atoms with Gasteiger partial charge in [0.25, 0.3) is 0 Å². The molecule has 2 fully saturated rings. The summed E-state index contributed by atoms with van der Waals surface area (Å²) in [6, 6.07) is 0. The Labute approximate surface area is 81.8 Å². The van der Waals surface area contributed by atoms with Crippen molar-refractivity contribution in [1.82, 2.24) is 0 Å². The van der Waals surface area contributed by atoms with Gasteiger partial charge in [-0.15, -0.1) is 0 Å². The molecule has 1 saturated carbocycles. The molecule has 4 heteroatoms. The smallest absolute Gasteiger partial charge is 0.317 e. The fraction of sp³-hybridized carbons (Fsp3) is 0.700. The number of rotatable bonds is 0. The van der Waals surface area contributed by atoms with Crippen LogP contribution in [-0.2, 0) is 19.0 Å². The second kappa shape index (κ2) is 2.58. The maximum atomic E-state index is 11.5. The van der Waals surface area contributed by atoms with Crippen LogP contribution in [0.4, 0.5) is 0 Å². The highest BCUT2D eigenvalue weighted by Gasteiger charge is 2.63. The minimum absolute atomic E-state index is 0.0454. The average molecular weight is 196 g/mol. The number of esters is 1. The van der Waals surface area contributed by atoms with Crippen LogP contribution in [0.2, 0.25) is 0 Å². The maximum absolute atomic E-state index is 11.5. The Morgan fingerprint density at radius 2 is 2.36 bits per heavy atom. The molecule has 4 nitrogen and oxygen atoms in total. The van der Waals surface area contributed by atoms with Crippen molar-refractivity contribution < 1.29 is 19.0 Å². The summed E-state index contributed by atoms with van der Waals surface area (Å²) >= 11 is 0. The van der Waals surface area contributed by atoms with Crippen molar-refractivity contribution in [3.63, 3.8) is 0 Å². The van der Waals surface area contributed by atoms with Gasteiger partial charge in [0.05, 0.1) is 25.2 Å². The van der Waals surface area contributed by atoms with Gasteiger partial charge in [0.1, 0.15) is 11.4 Å². The lowest BCUT2D eigenvalue weighted by Gasteiger charge is -2.55. The first kappa shape index (κ1) is 8.44. The zero-order valence-corrected chi connectivity index (χ0v) is 7.99. The van der Waals surface area contributed by atoms with E-state index in [2.05, 4.69) is 0 Å². The summed E-state index contributed by atoms with van der Waals surface area (Å²) in [7, 11) is 0. The topological polar surface area (TPSA) is 44.8 Å². The molecule has 1 aliphatic carbocycles. The van der Waals surface area contributed by atoms with Gasteiger partial charge in [-0.25, -0.2) is 0 Å². The van der Waals surface area contributed by atoms with E-state index in [4.69, 9.17) is 14.2 Å². The van der Waals surface area contributed by atoms with Gasteiger partial charge in [0.2, 0.25) is 0 Å². The number of allylic oxidation sites excluding steroid dienone is 1. The van der Waals surface area contributed by atoms with Gasteiger partial charge in [-0.2, -0.15) is 0 Å². The van der Waals surface area contributed by atoms with Gasteiger partial charge in [0, 0.05) is 0 Å². The van der Waals surface area contributed by atoms with E-state index in [-0.39, 0.29) is 18.0 Å². The van der Waals surface area contributed by atoms with E-state index >= 15 is 0 Å². The third-order valence-corrected chi connectivity index (χ3v) is 3.23. The van der Waals surface area contributed by atoms with E-state index in [0.717, 1.165) is 6.42 Å². The van der Waals surface area contributed by atoms with Crippen LogP contribution in [0.15, 0.2) is 11.8 Å². The average Bonchev–Trinajstić information content (AvgIpc) is 2.08. The SMILES string of the molecule is CC1=C[C@]23OCCO[C@H]2C[C@@H]3C(=O)O1. The number of hydrogen-bond acceptors (Lipinski definition) is 4. The van der Waals surface area contributed by atoms with Crippen molar-refractivity contribution in [2.24, 2.45) is 5.92 Å². The fourth-order valence-corrected chi connectivity index (χ4v) is 2.54. The van der Waals surface area contributed by atoms with Crippen LogP contribution in [0, 0.1) is 5.92 Å². The summed E-state index contributed by atoms with van der Waals surface area (Å²) < 4.78 is 16.3. The lowest BCUT2D eigenvalue weighted by molar-refractivity contribution is -0.265. The molecule has 14 heavy (non-hydrogen) atoms. The second-order valence-corrected chi connectivity index (χ2v) is 4.03. The van der Waals surface area contributed by atoms with Gasteiger partial charge in [-0.1, -0.05) is 0 Å². The number of cyclic esters (lactones) is 1. The zero-order valence-electron chi connectivity index (χ0n) is 7.99. The standard InChI is InChI=1S/C10H12O4/c1-6-5-10-7(9(11)14-6)4-8(10)12-2-3-13-10/h5,7-8H,2-4H2,1H3/t7-,8+,10-/m1/s1. The minimum Gasteiger partial charge on any atom is -0.431 e. The van der Waals surface area contributed by atoms with Crippen LogP contribution < -0.4 is 0 Å². The van der Waals surface area contributed by atoms with Gasteiger partial charge < -0.3 is 14.2 Å². The monoisotopic (exact) mass is 196 g/mol. The van der Waals surface area contributed by atoms with Crippen molar-refractivity contribution in [1.29, 1.82) is 0 Å². The molecule has 1 spiro atoms. The lowest BCUT2D eigenvalue weighted by atomic mass is 9.64. The number of carbonyl (C=O) groups is 1. The molecule has 0 aromatic rings. The quantitative estimate of drug-likeness (QED) is 0.533. The van der Waals surface area contributed by atoms with Crippen molar-refractivity contribution in [3.8, 4) is 0 Å². The molecule has 0 aromatic heterocycles. The van der Waals surface area contributed by atoms with Crippen molar-refractivity contribution in [2.45, 2.75) is 25.0 Å². The van der Waals surface area contributed by atoms with E-state index in [1.54, 1.807) is 6.92 Å². The summed E-state index contributed by atoms with van der Waals surface area (Å²) in [6.07, 6.45) is 2.67. The van der Waals surface area contributed by atoms with Gasteiger partial charge >= 0.3 is 5.97 Å². The summed E-state index contributed by atoms with van der Waals surface area (Å²) in [5.74, 6) is 0.296. The van der Waals surface area contributed by atoms with E-state index in [9.17, 15) is 4.79 Å². The number of hydrogen-bond donors (Lipinski definition) is 0. The molecule has 3 rings (SSSR count). The first-order valence-corrected chi connectivity index (χ1v) is 4.89. The molecule has 0 N–H and O–H groups in total. The third-order valence-electron chi connectivity index (χ3n) is 3.23. The van der Waals surface area contributed by atoms with Crippen LogP contribution in [-0.4, -0.2) is 30.9 Å². The first-order valence-electron chi connectivity index (χ1n) is 4.89. The second-order valence-electron chi connectivity index (χ2n) is 4.03. The molecule has 3 aliphatic rings. The molecule has 1 saturated heterocycles. The Kier molecular flexibility index (Phi) is 1.56. The summed E-state index contributed by atoms with van der Waals surface area (Å²) in [6.45, 7) is 2.96. The Bertz CT molecular complexity index is 322. The molecule has 0 unspecified atom stereocenters. The van der Waals surface area contributed by atoms with Gasteiger partial charge in [-0.05, 0) is 19.4 Å². The van der Waals surface area contributed by atoms with Crippen LogP contribution in [0.25, 0.3) is 0 Å². The van der Waals surface area contributed by atoms with Crippen LogP contribution in [0.1, 0.15) is 13.3 Å². The minimum atomic E-state index is -0.502. The van der Waals surface area contributed by atoms with Crippen LogP contribution >= 0.6 is 0 Å². The first-order chi connectivity index (χ1) is 6.72. The highest BCUT2D eigenvalue weighted by molar-refractivity contribution is 5.79. The van der Waals surface area contributed by atoms with Crippen LogP contribution in [0.5, 0.6) is 0 Å². The van der Waals surface area contributed by atoms with E-state index in [1.165, 1.54) is 0 Å². The number of ether oxygens (including phenoxy) is 3. The van der Waals surface area contributed by atoms with E-state index < -0.39 is 5.60 Å².